The lowest BCUT2D eigenvalue weighted by atomic mass is 9.65. The van der Waals surface area contributed by atoms with E-state index in [-0.39, 0.29) is 9.52 Å². The van der Waals surface area contributed by atoms with Crippen molar-refractivity contribution >= 4 is 9.52 Å². The Kier molecular flexibility index (Phi) is 9.23. The molecule has 0 amide bonds. The fourth-order valence-electron chi connectivity index (χ4n) is 6.74. The monoisotopic (exact) mass is 386 g/mol. The van der Waals surface area contributed by atoms with Gasteiger partial charge in [0.15, 0.2) is 0 Å². The Morgan fingerprint density at radius 1 is 0.704 bits per heavy atom. The van der Waals surface area contributed by atoms with Crippen molar-refractivity contribution in [1.82, 2.24) is 0 Å². The van der Waals surface area contributed by atoms with Gasteiger partial charge in [-0.15, -0.1) is 6.58 Å². The molecular weight excluding hydrogens is 340 g/mol. The van der Waals surface area contributed by atoms with E-state index in [1.165, 1.54) is 31.7 Å². The molecule has 0 aromatic heterocycles. The summed E-state index contributed by atoms with van der Waals surface area (Å²) in [4.78, 5) is 0. The summed E-state index contributed by atoms with van der Waals surface area (Å²) in [5, 5.41) is 0. The zero-order chi connectivity index (χ0) is 18.9. The molecule has 27 heavy (non-hydrogen) atoms. The summed E-state index contributed by atoms with van der Waals surface area (Å²) in [5.74, 6) is 5.36. The minimum atomic E-state index is 0.159. The Balaban J connectivity index is 1.33. The van der Waals surface area contributed by atoms with Crippen LogP contribution in [0.1, 0.15) is 96.8 Å². The van der Waals surface area contributed by atoms with Gasteiger partial charge in [0.05, 0.1) is 0 Å². The highest BCUT2D eigenvalue weighted by molar-refractivity contribution is 6.38. The maximum atomic E-state index is 3.93. The molecule has 0 atom stereocenters. The van der Waals surface area contributed by atoms with Crippen molar-refractivity contribution in [1.29, 1.82) is 0 Å². The zero-order valence-corrected chi connectivity index (χ0v) is 19.6. The van der Waals surface area contributed by atoms with Crippen LogP contribution in [-0.4, -0.2) is 9.52 Å². The van der Waals surface area contributed by atoms with E-state index in [0.29, 0.717) is 0 Å². The van der Waals surface area contributed by atoms with Gasteiger partial charge in [0.2, 0.25) is 0 Å². The summed E-state index contributed by atoms with van der Waals surface area (Å²) in [5.41, 5.74) is 1.15. The van der Waals surface area contributed by atoms with Crippen LogP contribution in [0.15, 0.2) is 24.8 Å². The normalized spacial score (nSPS) is 38.6. The van der Waals surface area contributed by atoms with Crippen LogP contribution >= 0.6 is 0 Å². The molecule has 3 aliphatic carbocycles. The number of hydrogen-bond donors (Lipinski definition) is 0. The van der Waals surface area contributed by atoms with Crippen LogP contribution in [0.4, 0.5) is 0 Å². The molecule has 3 saturated carbocycles. The highest BCUT2D eigenvalue weighted by Gasteiger charge is 2.34. The number of allylic oxidation sites excluding steroid dienone is 3. The van der Waals surface area contributed by atoms with Crippen LogP contribution in [0.5, 0.6) is 0 Å². The fourth-order valence-corrected chi connectivity index (χ4v) is 8.50. The molecule has 3 fully saturated rings. The average Bonchev–Trinajstić information content (AvgIpc) is 2.73. The van der Waals surface area contributed by atoms with E-state index in [1.54, 1.807) is 64.2 Å². The van der Waals surface area contributed by atoms with Gasteiger partial charge in [-0.05, 0) is 99.8 Å². The van der Waals surface area contributed by atoms with Gasteiger partial charge in [-0.2, -0.15) is 0 Å². The zero-order valence-electron chi connectivity index (χ0n) is 18.2. The molecule has 0 saturated heterocycles. The Labute approximate surface area is 172 Å². The molecule has 0 spiro atoms. The number of rotatable bonds is 8. The van der Waals surface area contributed by atoms with Gasteiger partial charge in [-0.3, -0.25) is 0 Å². The van der Waals surface area contributed by atoms with Gasteiger partial charge in [0, 0.05) is 9.52 Å². The first-order chi connectivity index (χ1) is 13.3. The molecule has 0 aromatic rings. The Bertz CT molecular complexity index is 429. The van der Waals surface area contributed by atoms with Crippen molar-refractivity contribution in [2.45, 2.75) is 108 Å². The second-order valence-corrected chi connectivity index (χ2v) is 12.5. The minimum absolute atomic E-state index is 0.159. The van der Waals surface area contributed by atoms with Crippen LogP contribution in [-0.2, 0) is 0 Å². The first-order valence-electron chi connectivity index (χ1n) is 12.6. The fraction of sp³-hybridized carbons (Fsp3) is 0.846. The second-order valence-electron chi connectivity index (χ2n) is 10.2. The lowest BCUT2D eigenvalue weighted by molar-refractivity contribution is 0.113. The van der Waals surface area contributed by atoms with E-state index in [0.717, 1.165) is 35.1 Å². The third-order valence-corrected chi connectivity index (χ3v) is 11.0. The quantitative estimate of drug-likeness (QED) is 0.296. The highest BCUT2D eigenvalue weighted by atomic mass is 28.2. The summed E-state index contributed by atoms with van der Waals surface area (Å²) in [6, 6.07) is 1.37. The highest BCUT2D eigenvalue weighted by Crippen LogP contribution is 2.46. The molecule has 154 valence electrons. The van der Waals surface area contributed by atoms with Crippen LogP contribution in [0.2, 0.25) is 11.6 Å². The summed E-state index contributed by atoms with van der Waals surface area (Å²) >= 11 is 0. The molecule has 0 aliphatic heterocycles. The average molecular weight is 387 g/mol. The van der Waals surface area contributed by atoms with E-state index in [4.69, 9.17) is 0 Å². The van der Waals surface area contributed by atoms with Crippen molar-refractivity contribution in [3.63, 3.8) is 0 Å². The molecule has 0 unspecified atom stereocenters. The largest absolute Gasteiger partial charge is 0.103 e. The van der Waals surface area contributed by atoms with E-state index in [1.807, 2.05) is 0 Å². The van der Waals surface area contributed by atoms with Crippen LogP contribution in [0.25, 0.3) is 0 Å². The van der Waals surface area contributed by atoms with Crippen LogP contribution in [0, 0.1) is 29.6 Å². The van der Waals surface area contributed by atoms with E-state index in [9.17, 15) is 0 Å². The van der Waals surface area contributed by atoms with E-state index >= 15 is 0 Å². The van der Waals surface area contributed by atoms with Crippen LogP contribution in [0.3, 0.4) is 0 Å². The van der Waals surface area contributed by atoms with Crippen molar-refractivity contribution in [3.05, 3.63) is 24.8 Å². The SMILES string of the molecule is C=CC[SiH2][C@H]1CC[C@H]([C@H]2CC[C@H]([C@H]3CC[C@H](C/C=C\CC)CC3)CC2)CC1. The maximum Gasteiger partial charge on any atom is 0.0272 e. The Morgan fingerprint density at radius 2 is 1.19 bits per heavy atom. The molecule has 1 heteroatoms. The standard InChI is InChI=1S/C26H46Si/c1-3-5-6-7-21-8-10-22(11-9-21)23-12-14-24(15-13-23)25-16-18-26(19-17-25)27-20-4-2/h4-6,21-26H,2-3,7-20,27H2,1H3/b6-5-/t21-,22-,23-,24-,25-,26-. The van der Waals surface area contributed by atoms with Crippen molar-refractivity contribution in [2.24, 2.45) is 29.6 Å². The molecule has 0 heterocycles. The van der Waals surface area contributed by atoms with Gasteiger partial charge in [-0.25, -0.2) is 0 Å². The van der Waals surface area contributed by atoms with Gasteiger partial charge >= 0.3 is 0 Å². The van der Waals surface area contributed by atoms with Gasteiger partial charge in [0.1, 0.15) is 0 Å². The summed E-state index contributed by atoms with van der Waals surface area (Å²) < 4.78 is 0. The first kappa shape index (κ1) is 21.4. The molecular formula is C26H46Si. The van der Waals surface area contributed by atoms with E-state index in [2.05, 4.69) is 31.7 Å². The predicted octanol–water partition coefficient (Wildman–Crippen LogP) is 7.71. The van der Waals surface area contributed by atoms with Gasteiger partial charge in [-0.1, -0.05) is 56.4 Å². The smallest absolute Gasteiger partial charge is 0.0272 e. The van der Waals surface area contributed by atoms with E-state index < -0.39 is 0 Å². The predicted molar refractivity (Wildman–Crippen MR) is 124 cm³/mol. The molecule has 0 radical (unpaired) electrons. The topological polar surface area (TPSA) is 0 Å². The minimum Gasteiger partial charge on any atom is -0.103 e. The molecule has 0 bridgehead atoms. The van der Waals surface area contributed by atoms with Crippen molar-refractivity contribution in [3.8, 4) is 0 Å². The molecule has 0 N–H and O–H groups in total. The Morgan fingerprint density at radius 3 is 1.67 bits per heavy atom. The third-order valence-electron chi connectivity index (χ3n) is 8.58. The third kappa shape index (κ3) is 6.62. The summed E-state index contributed by atoms with van der Waals surface area (Å²) in [6.45, 7) is 6.18. The lowest BCUT2D eigenvalue weighted by Gasteiger charge is -2.41. The van der Waals surface area contributed by atoms with Crippen molar-refractivity contribution < 1.29 is 0 Å². The molecule has 3 aliphatic rings. The Hall–Kier alpha value is -0.303. The summed E-state index contributed by atoms with van der Waals surface area (Å²) in [6.07, 6.45) is 28.2. The summed E-state index contributed by atoms with van der Waals surface area (Å²) in [7, 11) is 0.159. The number of hydrogen-bond acceptors (Lipinski definition) is 0. The molecule has 0 aromatic carbocycles. The first-order valence-corrected chi connectivity index (χ1v) is 14.4. The molecule has 3 rings (SSSR count). The van der Waals surface area contributed by atoms with Gasteiger partial charge in [0.25, 0.3) is 0 Å². The lowest BCUT2D eigenvalue weighted by Crippen LogP contribution is -2.29. The molecule has 0 nitrogen and oxygen atoms in total. The van der Waals surface area contributed by atoms with Crippen LogP contribution < -0.4 is 0 Å². The second kappa shape index (κ2) is 11.6. The van der Waals surface area contributed by atoms with Crippen molar-refractivity contribution in [2.75, 3.05) is 0 Å². The van der Waals surface area contributed by atoms with Gasteiger partial charge < -0.3 is 0 Å². The maximum absolute atomic E-state index is 3.93.